The van der Waals surface area contributed by atoms with E-state index in [4.69, 9.17) is 4.74 Å². The Bertz CT molecular complexity index is 1150. The predicted octanol–water partition coefficient (Wildman–Crippen LogP) is 3.20. The number of ether oxygens (including phenoxy) is 1. The van der Waals surface area contributed by atoms with Crippen LogP contribution in [0.4, 0.5) is 0 Å². The van der Waals surface area contributed by atoms with Crippen LogP contribution in [0.1, 0.15) is 52.5 Å². The van der Waals surface area contributed by atoms with Crippen molar-refractivity contribution >= 4 is 17.7 Å². The molecule has 8 heteroatoms. The van der Waals surface area contributed by atoms with Gasteiger partial charge in [0.25, 0.3) is 0 Å². The van der Waals surface area contributed by atoms with Crippen LogP contribution in [-0.4, -0.2) is 93.1 Å². The molecule has 1 aromatic rings. The molecule has 2 bridgehead atoms. The summed E-state index contributed by atoms with van der Waals surface area (Å²) in [4.78, 5) is 48.1. The second-order valence-electron chi connectivity index (χ2n) is 12.5. The predicted molar refractivity (Wildman–Crippen MR) is 154 cm³/mol. The summed E-state index contributed by atoms with van der Waals surface area (Å²) in [7, 11) is 1.71. The van der Waals surface area contributed by atoms with Gasteiger partial charge in [-0.15, -0.1) is 13.2 Å². The van der Waals surface area contributed by atoms with Crippen molar-refractivity contribution in [3.05, 3.63) is 61.2 Å². The van der Waals surface area contributed by atoms with Crippen LogP contribution in [0.3, 0.4) is 0 Å². The molecule has 0 radical (unpaired) electrons. The molecular formula is C32H45N3O5. The molecule has 218 valence electrons. The normalized spacial score (nSPS) is 29.7. The summed E-state index contributed by atoms with van der Waals surface area (Å²) < 4.78 is 6.91. The average Bonchev–Trinajstić information content (AvgIpc) is 3.53. The van der Waals surface area contributed by atoms with Crippen molar-refractivity contribution in [3.8, 4) is 0 Å². The number of aliphatic hydroxyl groups excluding tert-OH is 1. The fourth-order valence-electron chi connectivity index (χ4n) is 7.33. The Morgan fingerprint density at radius 3 is 2.35 bits per heavy atom. The van der Waals surface area contributed by atoms with Gasteiger partial charge in [-0.25, -0.2) is 0 Å². The number of carbonyl (C=O) groups is 3. The van der Waals surface area contributed by atoms with Crippen LogP contribution in [0, 0.1) is 11.8 Å². The number of hydrogen-bond donors (Lipinski definition) is 1. The molecule has 1 N–H and O–H groups in total. The van der Waals surface area contributed by atoms with E-state index in [1.165, 1.54) is 0 Å². The summed E-state index contributed by atoms with van der Waals surface area (Å²) in [6, 6.07) is 8.01. The minimum atomic E-state index is -1.16. The van der Waals surface area contributed by atoms with Crippen LogP contribution in [0.2, 0.25) is 0 Å². The third kappa shape index (κ3) is 4.69. The topological polar surface area (TPSA) is 90.4 Å². The first kappa shape index (κ1) is 30.0. The van der Waals surface area contributed by atoms with Crippen molar-refractivity contribution in [1.29, 1.82) is 0 Å². The number of likely N-dealkylation sites (N-methyl/N-ethyl adjacent to an activating group) is 1. The van der Waals surface area contributed by atoms with Crippen LogP contribution < -0.4 is 0 Å². The zero-order valence-electron chi connectivity index (χ0n) is 24.6. The number of likely N-dealkylation sites (tertiary alicyclic amines) is 1. The molecule has 6 atom stereocenters. The summed E-state index contributed by atoms with van der Waals surface area (Å²) in [6.45, 7) is 15.8. The molecule has 3 aliphatic heterocycles. The van der Waals surface area contributed by atoms with Crippen LogP contribution >= 0.6 is 0 Å². The lowest BCUT2D eigenvalue weighted by molar-refractivity contribution is -0.160. The Hall–Kier alpha value is -2.97. The maximum atomic E-state index is 14.7. The molecule has 2 unspecified atom stereocenters. The number of rotatable bonds is 11. The van der Waals surface area contributed by atoms with Gasteiger partial charge in [-0.3, -0.25) is 14.4 Å². The fourth-order valence-corrected chi connectivity index (χ4v) is 7.33. The molecule has 0 aromatic heterocycles. The summed E-state index contributed by atoms with van der Waals surface area (Å²) in [5, 5.41) is 10.7. The Balaban J connectivity index is 1.87. The van der Waals surface area contributed by atoms with E-state index in [1.807, 2.05) is 58.0 Å². The monoisotopic (exact) mass is 551 g/mol. The highest BCUT2D eigenvalue weighted by Gasteiger charge is 2.79. The van der Waals surface area contributed by atoms with Gasteiger partial charge in [0.2, 0.25) is 17.7 Å². The molecule has 0 saturated carbocycles. The maximum absolute atomic E-state index is 14.7. The largest absolute Gasteiger partial charge is 0.394 e. The number of hydrogen-bond acceptors (Lipinski definition) is 5. The van der Waals surface area contributed by atoms with Crippen LogP contribution in [0.5, 0.6) is 0 Å². The lowest BCUT2D eigenvalue weighted by Gasteiger charge is -2.43. The van der Waals surface area contributed by atoms with E-state index in [1.54, 1.807) is 33.9 Å². The maximum Gasteiger partial charge on any atom is 0.249 e. The number of carbonyl (C=O) groups excluding carboxylic acids is 3. The third-order valence-electron chi connectivity index (χ3n) is 9.20. The molecule has 40 heavy (non-hydrogen) atoms. The van der Waals surface area contributed by atoms with Gasteiger partial charge < -0.3 is 24.5 Å². The number of fused-ring (bicyclic) bond motifs is 1. The molecular weight excluding hydrogens is 506 g/mol. The zero-order valence-corrected chi connectivity index (χ0v) is 24.6. The van der Waals surface area contributed by atoms with E-state index in [0.717, 1.165) is 5.56 Å². The minimum Gasteiger partial charge on any atom is -0.394 e. The van der Waals surface area contributed by atoms with Crippen LogP contribution in [0.25, 0.3) is 0 Å². The summed E-state index contributed by atoms with van der Waals surface area (Å²) in [5.74, 6) is -2.24. The van der Waals surface area contributed by atoms with Gasteiger partial charge in [-0.05, 0) is 52.0 Å². The van der Waals surface area contributed by atoms with Crippen molar-refractivity contribution in [2.45, 2.75) is 82.2 Å². The third-order valence-corrected chi connectivity index (χ3v) is 9.20. The highest BCUT2D eigenvalue weighted by atomic mass is 16.5. The molecule has 1 spiro atoms. The number of aliphatic hydroxyl groups is 1. The van der Waals surface area contributed by atoms with Gasteiger partial charge in [0.05, 0.1) is 30.1 Å². The second kappa shape index (κ2) is 11.1. The van der Waals surface area contributed by atoms with Crippen molar-refractivity contribution in [2.24, 2.45) is 11.8 Å². The van der Waals surface area contributed by atoms with Crippen molar-refractivity contribution in [1.82, 2.24) is 14.7 Å². The summed E-state index contributed by atoms with van der Waals surface area (Å²) in [6.07, 6.45) is 5.36. The first-order valence-electron chi connectivity index (χ1n) is 14.4. The summed E-state index contributed by atoms with van der Waals surface area (Å²) >= 11 is 0. The van der Waals surface area contributed by atoms with E-state index in [-0.39, 0.29) is 24.3 Å². The molecule has 8 nitrogen and oxygen atoms in total. The number of benzene rings is 1. The first-order valence-corrected chi connectivity index (χ1v) is 14.4. The van der Waals surface area contributed by atoms with Gasteiger partial charge in [-0.1, -0.05) is 49.4 Å². The SMILES string of the molecule is C=CCN(C)C(=O)[C@H]1[C@H]2C(=O)N([C@@H](CO)Cc3ccccc3)C(C(=O)N(CC=C)C(C)(C)C)C23CC[C@]1(CC)O3. The van der Waals surface area contributed by atoms with E-state index in [2.05, 4.69) is 13.2 Å². The molecule has 3 heterocycles. The number of amides is 3. The smallest absolute Gasteiger partial charge is 0.249 e. The first-order chi connectivity index (χ1) is 18.9. The molecule has 3 saturated heterocycles. The highest BCUT2D eigenvalue weighted by Crippen LogP contribution is 2.65. The standard InChI is InChI=1S/C32H45N3O5/c1-8-18-33(7)27(37)24-25-28(38)35(23(21-36)20-22-14-12-11-13-15-22)26(29(39)34(19-9-2)30(4,5)6)32(25)17-16-31(24,10-3)40-32/h8-9,11-15,23-26,36H,1-2,10,16-21H2,3-7H3/t23-,24-,25+,26?,31+,32?/m1/s1. The molecule has 3 amide bonds. The second-order valence-corrected chi connectivity index (χ2v) is 12.5. The molecule has 1 aromatic carbocycles. The minimum absolute atomic E-state index is 0.169. The van der Waals surface area contributed by atoms with Gasteiger partial charge >= 0.3 is 0 Å². The Labute approximate surface area is 238 Å². The highest BCUT2D eigenvalue weighted by molar-refractivity contribution is 5.99. The van der Waals surface area contributed by atoms with Gasteiger partial charge in [0.1, 0.15) is 11.6 Å². The lowest BCUT2D eigenvalue weighted by atomic mass is 9.64. The fraction of sp³-hybridized carbons (Fsp3) is 0.594. The molecule has 0 aliphatic carbocycles. The van der Waals surface area contributed by atoms with Crippen LogP contribution in [0.15, 0.2) is 55.6 Å². The molecule has 4 rings (SSSR count). The molecule has 3 fully saturated rings. The van der Waals surface area contributed by atoms with Gasteiger partial charge in [0, 0.05) is 25.7 Å². The summed E-state index contributed by atoms with van der Waals surface area (Å²) in [5.41, 5.74) is -1.59. The van der Waals surface area contributed by atoms with Crippen molar-refractivity contribution in [3.63, 3.8) is 0 Å². The quantitative estimate of drug-likeness (QED) is 0.427. The lowest BCUT2D eigenvalue weighted by Crippen LogP contribution is -2.62. The number of nitrogens with zero attached hydrogens (tertiary/aromatic N) is 3. The Morgan fingerprint density at radius 2 is 1.80 bits per heavy atom. The van der Waals surface area contributed by atoms with E-state index in [9.17, 15) is 19.5 Å². The van der Waals surface area contributed by atoms with Crippen molar-refractivity contribution < 1.29 is 24.2 Å². The van der Waals surface area contributed by atoms with Crippen molar-refractivity contribution in [2.75, 3.05) is 26.7 Å². The zero-order chi connectivity index (χ0) is 29.5. The average molecular weight is 552 g/mol. The van der Waals surface area contributed by atoms with E-state index >= 15 is 0 Å². The van der Waals surface area contributed by atoms with Crippen LogP contribution in [-0.2, 0) is 25.5 Å². The Morgan fingerprint density at radius 1 is 1.15 bits per heavy atom. The molecule has 3 aliphatic rings. The van der Waals surface area contributed by atoms with E-state index < -0.39 is 40.7 Å². The van der Waals surface area contributed by atoms with Gasteiger partial charge in [0.15, 0.2) is 0 Å². The van der Waals surface area contributed by atoms with E-state index in [0.29, 0.717) is 38.8 Å². The Kier molecular flexibility index (Phi) is 8.35. The van der Waals surface area contributed by atoms with Gasteiger partial charge in [-0.2, -0.15) is 0 Å².